The Morgan fingerprint density at radius 3 is 2.42 bits per heavy atom. The van der Waals surface area contributed by atoms with Crippen molar-refractivity contribution in [1.29, 1.82) is 0 Å². The lowest BCUT2D eigenvalue weighted by atomic mass is 9.79. The predicted molar refractivity (Wildman–Crippen MR) is 99.3 cm³/mol. The van der Waals surface area contributed by atoms with E-state index in [-0.39, 0.29) is 17.1 Å². The Morgan fingerprint density at radius 2 is 1.79 bits per heavy atom. The number of halogens is 2. The molecule has 0 spiro atoms. The maximum absolute atomic E-state index is 13.7. The zero-order valence-corrected chi connectivity index (χ0v) is 14.9. The van der Waals surface area contributed by atoms with Crippen LogP contribution >= 0.6 is 12.2 Å². The van der Waals surface area contributed by atoms with E-state index in [4.69, 9.17) is 12.2 Å². The Morgan fingerprint density at radius 1 is 1.12 bits per heavy atom. The Labute approximate surface area is 147 Å². The minimum atomic E-state index is -0.670. The highest BCUT2D eigenvalue weighted by molar-refractivity contribution is 7.80. The Bertz CT molecular complexity index is 702. The summed E-state index contributed by atoms with van der Waals surface area (Å²) in [5.74, 6) is -1.29. The predicted octanol–water partition coefficient (Wildman–Crippen LogP) is 5.01. The molecule has 2 aromatic carbocycles. The van der Waals surface area contributed by atoms with Crippen LogP contribution in [0, 0.1) is 11.6 Å². The van der Waals surface area contributed by atoms with Crippen molar-refractivity contribution in [3.8, 4) is 0 Å². The fraction of sp³-hybridized carbons (Fsp3) is 0.316. The molecule has 5 heteroatoms. The Balaban J connectivity index is 1.94. The third-order valence-electron chi connectivity index (χ3n) is 3.93. The average Bonchev–Trinajstić information content (AvgIpc) is 2.50. The minimum Gasteiger partial charge on any atom is -0.360 e. The first-order valence-electron chi connectivity index (χ1n) is 7.86. The molecular formula is C19H22F2N2S. The topological polar surface area (TPSA) is 24.1 Å². The van der Waals surface area contributed by atoms with Gasteiger partial charge in [-0.2, -0.15) is 0 Å². The number of anilines is 1. The monoisotopic (exact) mass is 348 g/mol. The van der Waals surface area contributed by atoms with E-state index in [1.165, 1.54) is 17.7 Å². The van der Waals surface area contributed by atoms with Crippen LogP contribution < -0.4 is 10.6 Å². The van der Waals surface area contributed by atoms with E-state index in [1.807, 2.05) is 25.1 Å². The fourth-order valence-corrected chi connectivity index (χ4v) is 3.11. The lowest BCUT2D eigenvalue weighted by Crippen LogP contribution is -2.39. The van der Waals surface area contributed by atoms with E-state index in [0.717, 1.165) is 12.5 Å². The molecule has 2 N–H and O–H groups in total. The second-order valence-corrected chi connectivity index (χ2v) is 6.99. The summed E-state index contributed by atoms with van der Waals surface area (Å²) in [6.45, 7) is 6.38. The van der Waals surface area contributed by atoms with Crippen molar-refractivity contribution in [3.63, 3.8) is 0 Å². The van der Waals surface area contributed by atoms with Gasteiger partial charge >= 0.3 is 0 Å². The maximum atomic E-state index is 13.7. The van der Waals surface area contributed by atoms with Gasteiger partial charge in [0.05, 0.1) is 5.69 Å². The number of hydrogen-bond acceptors (Lipinski definition) is 1. The van der Waals surface area contributed by atoms with Crippen LogP contribution in [0.5, 0.6) is 0 Å². The second-order valence-electron chi connectivity index (χ2n) is 6.58. The molecule has 0 bridgehead atoms. The molecule has 0 fully saturated rings. The smallest absolute Gasteiger partial charge is 0.171 e. The third-order valence-corrected chi connectivity index (χ3v) is 4.15. The molecule has 0 aliphatic rings. The van der Waals surface area contributed by atoms with Gasteiger partial charge in [0.25, 0.3) is 0 Å². The van der Waals surface area contributed by atoms with Crippen LogP contribution in [0.2, 0.25) is 0 Å². The zero-order valence-electron chi connectivity index (χ0n) is 14.1. The second kappa shape index (κ2) is 7.71. The van der Waals surface area contributed by atoms with E-state index in [9.17, 15) is 8.78 Å². The van der Waals surface area contributed by atoms with Crippen LogP contribution in [0.4, 0.5) is 14.5 Å². The summed E-state index contributed by atoms with van der Waals surface area (Å²) in [4.78, 5) is 0. The Kier molecular flexibility index (Phi) is 5.89. The van der Waals surface area contributed by atoms with E-state index in [2.05, 4.69) is 36.6 Å². The first kappa shape index (κ1) is 18.3. The van der Waals surface area contributed by atoms with Gasteiger partial charge in [0, 0.05) is 12.1 Å². The molecule has 1 unspecified atom stereocenters. The number of thiocarbonyl (C=S) groups is 1. The molecule has 128 valence electrons. The molecule has 24 heavy (non-hydrogen) atoms. The standard InChI is InChI=1S/C19H22F2N2S/c1-13(12-19(2,3)14-7-5-4-6-8-14)22-18(24)23-17-10-9-15(20)11-16(17)21/h4-11,13H,12H2,1-3H3,(H2,22,23,24). The van der Waals surface area contributed by atoms with Crippen LogP contribution in [0.1, 0.15) is 32.8 Å². The molecule has 0 radical (unpaired) electrons. The van der Waals surface area contributed by atoms with Gasteiger partial charge in [0.1, 0.15) is 11.6 Å². The molecule has 2 nitrogen and oxygen atoms in total. The van der Waals surface area contributed by atoms with Crippen molar-refractivity contribution >= 4 is 23.0 Å². The minimum absolute atomic E-state index is 0.0234. The molecule has 0 aliphatic carbocycles. The summed E-state index contributed by atoms with van der Waals surface area (Å²) in [6.07, 6.45) is 0.852. The summed E-state index contributed by atoms with van der Waals surface area (Å²) in [5.41, 5.74) is 1.38. The highest BCUT2D eigenvalue weighted by atomic mass is 32.1. The first-order valence-corrected chi connectivity index (χ1v) is 8.27. The van der Waals surface area contributed by atoms with Gasteiger partial charge in [-0.1, -0.05) is 44.2 Å². The van der Waals surface area contributed by atoms with Gasteiger partial charge in [0.15, 0.2) is 5.11 Å². The molecule has 0 saturated heterocycles. The molecular weight excluding hydrogens is 326 g/mol. The summed E-state index contributed by atoms with van der Waals surface area (Å²) < 4.78 is 26.6. The largest absolute Gasteiger partial charge is 0.360 e. The SMILES string of the molecule is CC(CC(C)(C)c1ccccc1)NC(=S)Nc1ccc(F)cc1F. The van der Waals surface area contributed by atoms with Gasteiger partial charge in [-0.05, 0) is 48.7 Å². The van der Waals surface area contributed by atoms with Crippen LogP contribution in [-0.4, -0.2) is 11.2 Å². The lowest BCUT2D eigenvalue weighted by Gasteiger charge is -2.29. The van der Waals surface area contributed by atoms with Crippen molar-refractivity contribution in [1.82, 2.24) is 5.32 Å². The number of benzene rings is 2. The third kappa shape index (κ3) is 4.99. The van der Waals surface area contributed by atoms with E-state index < -0.39 is 11.6 Å². The summed E-state index contributed by atoms with van der Waals surface area (Å²) in [7, 11) is 0. The van der Waals surface area contributed by atoms with Crippen LogP contribution in [0.3, 0.4) is 0 Å². The molecule has 1 atom stereocenters. The molecule has 0 aliphatic heterocycles. The van der Waals surface area contributed by atoms with Gasteiger partial charge in [-0.25, -0.2) is 8.78 Å². The van der Waals surface area contributed by atoms with Crippen LogP contribution in [-0.2, 0) is 5.41 Å². The van der Waals surface area contributed by atoms with Crippen LogP contribution in [0.15, 0.2) is 48.5 Å². The molecule has 2 rings (SSSR count). The first-order chi connectivity index (χ1) is 11.3. The summed E-state index contributed by atoms with van der Waals surface area (Å²) in [5, 5.41) is 6.25. The van der Waals surface area contributed by atoms with E-state index in [1.54, 1.807) is 0 Å². The molecule has 0 amide bonds. The summed E-state index contributed by atoms with van der Waals surface area (Å²) in [6, 6.07) is 13.7. The summed E-state index contributed by atoms with van der Waals surface area (Å²) >= 11 is 5.23. The van der Waals surface area contributed by atoms with Crippen LogP contribution in [0.25, 0.3) is 0 Å². The van der Waals surface area contributed by atoms with Crippen molar-refractivity contribution in [3.05, 3.63) is 65.7 Å². The maximum Gasteiger partial charge on any atom is 0.171 e. The number of hydrogen-bond donors (Lipinski definition) is 2. The molecule has 0 heterocycles. The van der Waals surface area contributed by atoms with E-state index >= 15 is 0 Å². The lowest BCUT2D eigenvalue weighted by molar-refractivity contribution is 0.420. The van der Waals surface area contributed by atoms with Gasteiger partial charge in [-0.15, -0.1) is 0 Å². The van der Waals surface area contributed by atoms with Crippen molar-refractivity contribution in [2.75, 3.05) is 5.32 Å². The quantitative estimate of drug-likeness (QED) is 0.743. The number of nitrogens with one attached hydrogen (secondary N) is 2. The van der Waals surface area contributed by atoms with Crippen molar-refractivity contribution < 1.29 is 8.78 Å². The average molecular weight is 348 g/mol. The highest BCUT2D eigenvalue weighted by Crippen LogP contribution is 2.28. The van der Waals surface area contributed by atoms with E-state index in [0.29, 0.717) is 5.11 Å². The highest BCUT2D eigenvalue weighted by Gasteiger charge is 2.23. The molecule has 0 aromatic heterocycles. The Hall–Kier alpha value is -2.01. The molecule has 0 saturated carbocycles. The zero-order chi connectivity index (χ0) is 17.7. The van der Waals surface area contributed by atoms with Gasteiger partial charge < -0.3 is 10.6 Å². The van der Waals surface area contributed by atoms with Gasteiger partial charge in [0.2, 0.25) is 0 Å². The molecule has 2 aromatic rings. The number of rotatable bonds is 5. The normalized spacial score (nSPS) is 12.5. The van der Waals surface area contributed by atoms with Crippen molar-refractivity contribution in [2.45, 2.75) is 38.6 Å². The fourth-order valence-electron chi connectivity index (χ4n) is 2.80. The van der Waals surface area contributed by atoms with Gasteiger partial charge in [-0.3, -0.25) is 0 Å². The van der Waals surface area contributed by atoms with Crippen molar-refractivity contribution in [2.24, 2.45) is 0 Å².